The first kappa shape index (κ1) is 28.0. The average Bonchev–Trinajstić information content (AvgIpc) is 2.90. The van der Waals surface area contributed by atoms with E-state index in [0.717, 1.165) is 21.6 Å². The summed E-state index contributed by atoms with van der Waals surface area (Å²) >= 11 is 0. The fraction of sp³-hybridized carbons (Fsp3) is 0.273. The van der Waals surface area contributed by atoms with E-state index < -0.39 is 10.1 Å². The number of hydrogen-bond acceptors (Lipinski definition) is 3. The van der Waals surface area contributed by atoms with Crippen molar-refractivity contribution in [2.75, 3.05) is 0 Å². The van der Waals surface area contributed by atoms with Gasteiger partial charge in [-0.05, 0) is 83.0 Å². The van der Waals surface area contributed by atoms with Crippen LogP contribution in [0.15, 0.2) is 117 Å². The van der Waals surface area contributed by atoms with E-state index in [1.165, 1.54) is 9.79 Å². The molecule has 38 heavy (non-hydrogen) atoms. The first-order valence-electron chi connectivity index (χ1n) is 13.1. The van der Waals surface area contributed by atoms with Gasteiger partial charge in [-0.25, -0.2) is 0 Å². The summed E-state index contributed by atoms with van der Waals surface area (Å²) in [7, 11) is -4.36. The second-order valence-electron chi connectivity index (χ2n) is 10.4. The Balaban J connectivity index is 1.72. The second kappa shape index (κ2) is 11.8. The second-order valence-corrected chi connectivity index (χ2v) is 13.9. The minimum Gasteiger partial charge on any atom is -0.379 e. The molecule has 0 aliphatic carbocycles. The van der Waals surface area contributed by atoms with Crippen LogP contribution >= 0.6 is 0 Å². The van der Waals surface area contributed by atoms with Crippen molar-refractivity contribution in [1.82, 2.24) is 0 Å². The fourth-order valence-corrected chi connectivity index (χ4v) is 8.20. The molecule has 0 N–H and O–H groups in total. The van der Waals surface area contributed by atoms with E-state index in [1.807, 2.05) is 88.4 Å². The van der Waals surface area contributed by atoms with Crippen molar-refractivity contribution >= 4 is 21.0 Å². The zero-order valence-electron chi connectivity index (χ0n) is 23.0. The molecule has 5 heteroatoms. The highest BCUT2D eigenvalue weighted by Gasteiger charge is 2.31. The van der Waals surface area contributed by atoms with Crippen molar-refractivity contribution in [3.8, 4) is 5.75 Å². The van der Waals surface area contributed by atoms with Crippen molar-refractivity contribution in [2.24, 2.45) is 0 Å². The van der Waals surface area contributed by atoms with Crippen LogP contribution < -0.4 is 4.18 Å². The van der Waals surface area contributed by atoms with Gasteiger partial charge in [0.15, 0.2) is 14.7 Å². The van der Waals surface area contributed by atoms with E-state index in [2.05, 4.69) is 38.1 Å². The summed E-state index contributed by atoms with van der Waals surface area (Å²) in [6.07, 6.45) is 0. The van der Waals surface area contributed by atoms with E-state index in [4.69, 9.17) is 4.18 Å². The van der Waals surface area contributed by atoms with Gasteiger partial charge in [-0.1, -0.05) is 90.1 Å². The number of benzene rings is 4. The standard InChI is InChI=1S/C33H37O3S2/c1-23(2)26-21-31(24(3)4)33(32(22-26)25(5)6)38(34,35)36-27-17-19-30(20-18-27)37(28-13-9-7-10-14-28)29-15-11-8-12-16-29/h7-25H,1-6H3/q+1. The lowest BCUT2D eigenvalue weighted by atomic mass is 9.89. The average molecular weight is 546 g/mol. The molecule has 0 spiro atoms. The molecular weight excluding hydrogens is 508 g/mol. The zero-order valence-corrected chi connectivity index (χ0v) is 24.6. The fourth-order valence-electron chi connectivity index (χ4n) is 4.50. The SMILES string of the molecule is CC(C)c1cc(C(C)C)c(S(=O)(=O)Oc2ccc([S+](c3ccccc3)c3ccccc3)cc2)c(C(C)C)c1. The Morgan fingerprint density at radius 3 is 1.39 bits per heavy atom. The molecule has 4 rings (SSSR count). The van der Waals surface area contributed by atoms with Crippen LogP contribution in [0.25, 0.3) is 0 Å². The lowest BCUT2D eigenvalue weighted by Gasteiger charge is -2.22. The zero-order chi connectivity index (χ0) is 27.4. The minimum atomic E-state index is -4.04. The van der Waals surface area contributed by atoms with Crippen LogP contribution in [0, 0.1) is 0 Å². The molecule has 0 amide bonds. The molecule has 4 aromatic rings. The minimum absolute atomic E-state index is 0.0423. The van der Waals surface area contributed by atoms with Gasteiger partial charge in [0.25, 0.3) is 0 Å². The molecule has 0 saturated carbocycles. The van der Waals surface area contributed by atoms with Gasteiger partial charge in [-0.15, -0.1) is 0 Å². The molecule has 198 valence electrons. The quantitative estimate of drug-likeness (QED) is 0.156. The van der Waals surface area contributed by atoms with Gasteiger partial charge in [-0.2, -0.15) is 8.42 Å². The highest BCUT2D eigenvalue weighted by Crippen LogP contribution is 2.37. The van der Waals surface area contributed by atoms with Crippen molar-refractivity contribution in [3.05, 3.63) is 114 Å². The Hall–Kier alpha value is -3.02. The Morgan fingerprint density at radius 1 is 0.579 bits per heavy atom. The Bertz CT molecular complexity index is 1390. The largest absolute Gasteiger partial charge is 0.379 e. The highest BCUT2D eigenvalue weighted by atomic mass is 32.2. The molecule has 0 fully saturated rings. The van der Waals surface area contributed by atoms with Crippen molar-refractivity contribution < 1.29 is 12.6 Å². The summed E-state index contributed by atoms with van der Waals surface area (Å²) in [6.45, 7) is 12.4. The maximum absolute atomic E-state index is 13.8. The molecule has 0 unspecified atom stereocenters. The van der Waals surface area contributed by atoms with E-state index in [0.29, 0.717) is 16.6 Å². The Labute approximate surface area is 231 Å². The number of hydrogen-bond donors (Lipinski definition) is 0. The Kier molecular flexibility index (Phi) is 8.69. The van der Waals surface area contributed by atoms with Gasteiger partial charge < -0.3 is 4.18 Å². The smallest absolute Gasteiger partial charge is 0.339 e. The summed E-state index contributed by atoms with van der Waals surface area (Å²) in [5.41, 5.74) is 2.77. The van der Waals surface area contributed by atoms with E-state index in [9.17, 15) is 8.42 Å². The molecule has 0 saturated heterocycles. The monoisotopic (exact) mass is 545 g/mol. The van der Waals surface area contributed by atoms with Crippen LogP contribution in [0.4, 0.5) is 0 Å². The first-order valence-corrected chi connectivity index (χ1v) is 15.8. The van der Waals surface area contributed by atoms with Crippen LogP contribution in [0.1, 0.15) is 76.0 Å². The Morgan fingerprint density at radius 2 is 1.00 bits per heavy atom. The third kappa shape index (κ3) is 6.16. The van der Waals surface area contributed by atoms with Gasteiger partial charge in [0.1, 0.15) is 10.6 Å². The molecule has 0 aromatic heterocycles. The van der Waals surface area contributed by atoms with Gasteiger partial charge in [0, 0.05) is 0 Å². The van der Waals surface area contributed by atoms with Crippen LogP contribution in [-0.2, 0) is 21.0 Å². The molecule has 0 atom stereocenters. The van der Waals surface area contributed by atoms with E-state index in [-0.39, 0.29) is 22.7 Å². The molecule has 0 bridgehead atoms. The molecule has 0 heterocycles. The van der Waals surface area contributed by atoms with Gasteiger partial charge in [-0.3, -0.25) is 0 Å². The predicted molar refractivity (Wildman–Crippen MR) is 158 cm³/mol. The van der Waals surface area contributed by atoms with E-state index >= 15 is 0 Å². The summed E-state index contributed by atoms with van der Waals surface area (Å²) in [4.78, 5) is 3.81. The summed E-state index contributed by atoms with van der Waals surface area (Å²) in [5.74, 6) is 0.704. The van der Waals surface area contributed by atoms with Crippen molar-refractivity contribution in [3.63, 3.8) is 0 Å². The van der Waals surface area contributed by atoms with Crippen LogP contribution in [0.2, 0.25) is 0 Å². The molecule has 3 nitrogen and oxygen atoms in total. The van der Waals surface area contributed by atoms with Gasteiger partial charge >= 0.3 is 10.1 Å². The summed E-state index contributed by atoms with van der Waals surface area (Å²) in [5, 5.41) is 0. The maximum atomic E-state index is 13.8. The van der Waals surface area contributed by atoms with Gasteiger partial charge in [0.2, 0.25) is 0 Å². The van der Waals surface area contributed by atoms with Gasteiger partial charge in [0.05, 0.1) is 10.9 Å². The third-order valence-electron chi connectivity index (χ3n) is 6.55. The molecule has 0 radical (unpaired) electrons. The summed E-state index contributed by atoms with van der Waals surface area (Å²) in [6, 6.07) is 32.3. The predicted octanol–water partition coefficient (Wildman–Crippen LogP) is 8.92. The molecular formula is C33H37O3S2+. The van der Waals surface area contributed by atoms with Crippen LogP contribution in [-0.4, -0.2) is 8.42 Å². The first-order chi connectivity index (χ1) is 18.1. The summed E-state index contributed by atoms with van der Waals surface area (Å²) < 4.78 is 33.3. The molecule has 0 aliphatic heterocycles. The highest BCUT2D eigenvalue weighted by molar-refractivity contribution is 7.97. The van der Waals surface area contributed by atoms with Crippen LogP contribution in [0.5, 0.6) is 5.75 Å². The lowest BCUT2D eigenvalue weighted by Crippen LogP contribution is -2.17. The van der Waals surface area contributed by atoms with Crippen molar-refractivity contribution in [2.45, 2.75) is 78.9 Å². The maximum Gasteiger partial charge on any atom is 0.339 e. The lowest BCUT2D eigenvalue weighted by molar-refractivity contribution is 0.482. The molecule has 0 aliphatic rings. The molecule has 4 aromatic carbocycles. The van der Waals surface area contributed by atoms with E-state index in [1.54, 1.807) is 12.1 Å². The topological polar surface area (TPSA) is 43.4 Å². The van der Waals surface area contributed by atoms with Crippen molar-refractivity contribution in [1.29, 1.82) is 0 Å². The number of rotatable bonds is 9. The van der Waals surface area contributed by atoms with Crippen LogP contribution in [0.3, 0.4) is 0 Å². The normalized spacial score (nSPS) is 12.1. The third-order valence-corrected chi connectivity index (χ3v) is 10.2.